The Balaban J connectivity index is 1.58. The highest BCUT2D eigenvalue weighted by atomic mass is 16.5. The van der Waals surface area contributed by atoms with Crippen molar-refractivity contribution in [3.63, 3.8) is 0 Å². The van der Waals surface area contributed by atoms with Gasteiger partial charge in [0.05, 0.1) is 12.8 Å². The van der Waals surface area contributed by atoms with Gasteiger partial charge in [0.1, 0.15) is 12.0 Å². The molecule has 0 spiro atoms. The van der Waals surface area contributed by atoms with E-state index in [1.54, 1.807) is 6.33 Å². The Labute approximate surface area is 174 Å². The fourth-order valence-corrected chi connectivity index (χ4v) is 4.54. The molecule has 4 aromatic rings. The number of alkyl carbamates (subject to hydrolysis) is 1. The van der Waals surface area contributed by atoms with Crippen LogP contribution in [0.3, 0.4) is 0 Å². The predicted octanol–water partition coefficient (Wildman–Crippen LogP) is 4.02. The van der Waals surface area contributed by atoms with E-state index in [0.717, 1.165) is 35.1 Å². The number of H-pyrrole nitrogens is 1. The van der Waals surface area contributed by atoms with E-state index in [9.17, 15) is 4.79 Å². The molecule has 1 aliphatic rings. The zero-order valence-electron chi connectivity index (χ0n) is 16.7. The molecule has 150 valence electrons. The van der Waals surface area contributed by atoms with Gasteiger partial charge in [-0.05, 0) is 41.7 Å². The number of nitrogens with one attached hydrogen (secondary N) is 2. The molecular formula is C24H22N4O2. The van der Waals surface area contributed by atoms with E-state index in [1.165, 1.54) is 23.8 Å². The van der Waals surface area contributed by atoms with Gasteiger partial charge >= 0.3 is 6.09 Å². The fraction of sp³-hybridized carbons (Fsp3) is 0.208. The van der Waals surface area contributed by atoms with Crippen LogP contribution in [0.5, 0.6) is 0 Å². The minimum atomic E-state index is -0.411. The summed E-state index contributed by atoms with van der Waals surface area (Å²) in [5.41, 5.74) is 6.34. The summed E-state index contributed by atoms with van der Waals surface area (Å²) in [7, 11) is 1.39. The van der Waals surface area contributed by atoms with Gasteiger partial charge in [0.15, 0.2) is 0 Å². The minimum Gasteiger partial charge on any atom is -0.453 e. The van der Waals surface area contributed by atoms with Crippen molar-refractivity contribution in [2.24, 2.45) is 0 Å². The first-order valence-corrected chi connectivity index (χ1v) is 9.96. The zero-order chi connectivity index (χ0) is 20.6. The average molecular weight is 398 g/mol. The van der Waals surface area contributed by atoms with E-state index in [0.29, 0.717) is 6.54 Å². The number of carbonyl (C=O) groups is 1. The van der Waals surface area contributed by atoms with E-state index in [1.807, 2.05) is 12.3 Å². The van der Waals surface area contributed by atoms with Crippen LogP contribution < -0.4 is 5.32 Å². The molecule has 0 saturated carbocycles. The smallest absolute Gasteiger partial charge is 0.406 e. The molecule has 30 heavy (non-hydrogen) atoms. The lowest BCUT2D eigenvalue weighted by Crippen LogP contribution is -2.41. The normalized spacial score (nSPS) is 14.4. The van der Waals surface area contributed by atoms with Crippen LogP contribution in [-0.2, 0) is 23.0 Å². The quantitative estimate of drug-likeness (QED) is 0.544. The highest BCUT2D eigenvalue weighted by Gasteiger charge is 2.39. The largest absolute Gasteiger partial charge is 0.453 e. The first kappa shape index (κ1) is 18.4. The molecule has 0 unspecified atom stereocenters. The Morgan fingerprint density at radius 3 is 2.67 bits per heavy atom. The fourth-order valence-electron chi connectivity index (χ4n) is 4.54. The molecule has 1 amide bonds. The van der Waals surface area contributed by atoms with Crippen molar-refractivity contribution in [3.05, 3.63) is 83.8 Å². The molecule has 2 N–H and O–H groups in total. The summed E-state index contributed by atoms with van der Waals surface area (Å²) in [6, 6.07) is 19.0. The third-order valence-electron chi connectivity index (χ3n) is 6.03. The van der Waals surface area contributed by atoms with Gasteiger partial charge in [0.25, 0.3) is 0 Å². The monoisotopic (exact) mass is 398 g/mol. The van der Waals surface area contributed by atoms with Gasteiger partial charge in [-0.3, -0.25) is 0 Å². The van der Waals surface area contributed by atoms with E-state index >= 15 is 0 Å². The van der Waals surface area contributed by atoms with Crippen molar-refractivity contribution in [2.45, 2.75) is 18.3 Å². The van der Waals surface area contributed by atoms with Crippen LogP contribution in [0.25, 0.3) is 22.3 Å². The lowest BCUT2D eigenvalue weighted by molar-refractivity contribution is 0.168. The van der Waals surface area contributed by atoms with Gasteiger partial charge in [-0.2, -0.15) is 0 Å². The van der Waals surface area contributed by atoms with Crippen LogP contribution >= 0.6 is 0 Å². The highest BCUT2D eigenvalue weighted by Crippen LogP contribution is 2.41. The number of benzene rings is 2. The molecule has 2 aromatic heterocycles. The van der Waals surface area contributed by atoms with Gasteiger partial charge in [0.2, 0.25) is 0 Å². The van der Waals surface area contributed by atoms with E-state index in [-0.39, 0.29) is 5.41 Å². The number of amides is 1. The number of methoxy groups -OCH3 is 1. The van der Waals surface area contributed by atoms with Crippen LogP contribution in [0.4, 0.5) is 4.79 Å². The topological polar surface area (TPSA) is 79.9 Å². The third kappa shape index (κ3) is 3.10. The predicted molar refractivity (Wildman–Crippen MR) is 115 cm³/mol. The first-order valence-electron chi connectivity index (χ1n) is 9.96. The van der Waals surface area contributed by atoms with Gasteiger partial charge < -0.3 is 15.0 Å². The summed E-state index contributed by atoms with van der Waals surface area (Å²) < 4.78 is 4.83. The molecule has 6 nitrogen and oxygen atoms in total. The van der Waals surface area contributed by atoms with Crippen LogP contribution in [-0.4, -0.2) is 34.7 Å². The molecule has 5 rings (SSSR count). The van der Waals surface area contributed by atoms with Crippen molar-refractivity contribution in [3.8, 4) is 11.3 Å². The number of hydrogen-bond donors (Lipinski definition) is 2. The lowest BCUT2D eigenvalue weighted by Gasteiger charge is -2.30. The molecule has 2 heterocycles. The maximum Gasteiger partial charge on any atom is 0.406 e. The van der Waals surface area contributed by atoms with Crippen molar-refractivity contribution < 1.29 is 9.53 Å². The first-order chi connectivity index (χ1) is 14.7. The van der Waals surface area contributed by atoms with Crippen LogP contribution in [0, 0.1) is 0 Å². The number of hydrogen-bond acceptors (Lipinski definition) is 4. The van der Waals surface area contributed by atoms with E-state index < -0.39 is 6.09 Å². The second kappa shape index (κ2) is 7.30. The molecule has 0 fully saturated rings. The number of nitrogens with zero attached hydrogens (tertiary/aromatic N) is 2. The summed E-state index contributed by atoms with van der Waals surface area (Å²) in [4.78, 5) is 23.9. The Kier molecular flexibility index (Phi) is 4.47. The Bertz CT molecular complexity index is 1210. The van der Waals surface area contributed by atoms with Crippen LogP contribution in [0.1, 0.15) is 16.7 Å². The number of aromatic nitrogens is 3. The summed E-state index contributed by atoms with van der Waals surface area (Å²) in [5, 5.41) is 3.93. The second-order valence-corrected chi connectivity index (χ2v) is 7.79. The van der Waals surface area contributed by atoms with Gasteiger partial charge in [-0.15, -0.1) is 0 Å². The van der Waals surface area contributed by atoms with Crippen molar-refractivity contribution in [2.75, 3.05) is 13.7 Å². The van der Waals surface area contributed by atoms with E-state index in [4.69, 9.17) is 4.74 Å². The Morgan fingerprint density at radius 1 is 1.10 bits per heavy atom. The van der Waals surface area contributed by atoms with Crippen LogP contribution in [0.2, 0.25) is 0 Å². The number of aromatic amines is 1. The number of fused-ring (bicyclic) bond motifs is 2. The van der Waals surface area contributed by atoms with Crippen molar-refractivity contribution in [1.29, 1.82) is 0 Å². The average Bonchev–Trinajstić information content (AvgIpc) is 3.42. The number of rotatable bonds is 4. The number of carbonyl (C=O) groups excluding carboxylic acids is 1. The van der Waals surface area contributed by atoms with Gasteiger partial charge in [-0.25, -0.2) is 14.8 Å². The maximum absolute atomic E-state index is 11.9. The molecule has 0 radical (unpaired) electrons. The standard InChI is InChI=1S/C24H22N4O2/c1-30-23(29)26-14-24(12-17-5-2-3-6-18(17)13-24)19-8-4-7-16(11-19)21-20-9-10-25-22(20)28-15-27-21/h2-11,15H,12-14H2,1H3,(H,26,29)(H,25,27,28). The summed E-state index contributed by atoms with van der Waals surface area (Å²) >= 11 is 0. The molecule has 0 bridgehead atoms. The molecule has 0 aliphatic heterocycles. The molecule has 1 aliphatic carbocycles. The maximum atomic E-state index is 11.9. The summed E-state index contributed by atoms with van der Waals surface area (Å²) in [6.45, 7) is 0.501. The summed E-state index contributed by atoms with van der Waals surface area (Å²) in [6.07, 6.45) is 4.77. The van der Waals surface area contributed by atoms with Gasteiger partial charge in [-0.1, -0.05) is 42.5 Å². The lowest BCUT2D eigenvalue weighted by atomic mass is 9.77. The van der Waals surface area contributed by atoms with Gasteiger partial charge in [0, 0.05) is 29.1 Å². The zero-order valence-corrected chi connectivity index (χ0v) is 16.7. The Morgan fingerprint density at radius 2 is 1.90 bits per heavy atom. The van der Waals surface area contributed by atoms with Crippen molar-refractivity contribution in [1.82, 2.24) is 20.3 Å². The molecule has 0 saturated heterocycles. The van der Waals surface area contributed by atoms with Crippen LogP contribution in [0.15, 0.2) is 67.1 Å². The second-order valence-electron chi connectivity index (χ2n) is 7.79. The molecule has 2 aromatic carbocycles. The Hall–Kier alpha value is -3.67. The highest BCUT2D eigenvalue weighted by molar-refractivity contribution is 5.90. The third-order valence-corrected chi connectivity index (χ3v) is 6.03. The number of ether oxygens (including phenoxy) is 1. The molecular weight excluding hydrogens is 376 g/mol. The summed E-state index contributed by atoms with van der Waals surface area (Å²) in [5.74, 6) is 0. The molecule has 0 atom stereocenters. The minimum absolute atomic E-state index is 0.238. The van der Waals surface area contributed by atoms with Crippen molar-refractivity contribution >= 4 is 17.1 Å². The molecule has 6 heteroatoms. The SMILES string of the molecule is COC(=O)NCC1(c2cccc(-c3ncnc4[nH]ccc34)c2)Cc2ccccc2C1. The van der Waals surface area contributed by atoms with E-state index in [2.05, 4.69) is 68.8 Å².